The fourth-order valence-corrected chi connectivity index (χ4v) is 10.2. The lowest BCUT2D eigenvalue weighted by Crippen LogP contribution is -2.51. The molecule has 42 heavy (non-hydrogen) atoms. The molecule has 0 amide bonds. The van der Waals surface area contributed by atoms with E-state index in [2.05, 4.69) is 133 Å². The SMILES string of the molecule is CC(C)C1C2c3ccc4c(c3-c3ccc5ccccc5[n+]3C2C(C(C)C)C1C(C)C)C(C)(C)c1c-4oc2ccccc12. The van der Waals surface area contributed by atoms with Crippen LogP contribution in [0.3, 0.4) is 0 Å². The quantitative estimate of drug-likeness (QED) is 0.203. The van der Waals surface area contributed by atoms with Gasteiger partial charge in [0.15, 0.2) is 6.04 Å². The molecule has 1 saturated carbocycles. The highest BCUT2D eigenvalue weighted by molar-refractivity contribution is 5.97. The van der Waals surface area contributed by atoms with Crippen molar-refractivity contribution in [1.29, 1.82) is 0 Å². The van der Waals surface area contributed by atoms with E-state index in [4.69, 9.17) is 4.42 Å². The molecule has 0 N–H and O–H groups in total. The molecular weight excluding hydrogens is 510 g/mol. The normalized spacial score (nSPS) is 25.3. The highest BCUT2D eigenvalue weighted by atomic mass is 16.3. The molecule has 5 unspecified atom stereocenters. The summed E-state index contributed by atoms with van der Waals surface area (Å²) in [6.45, 7) is 19.8. The van der Waals surface area contributed by atoms with Crippen molar-refractivity contribution in [3.05, 3.63) is 89.5 Å². The van der Waals surface area contributed by atoms with E-state index in [1.54, 1.807) is 5.56 Å². The van der Waals surface area contributed by atoms with Crippen molar-refractivity contribution in [3.8, 4) is 22.6 Å². The van der Waals surface area contributed by atoms with Gasteiger partial charge in [-0.25, -0.2) is 0 Å². The van der Waals surface area contributed by atoms with Crippen LogP contribution >= 0.6 is 0 Å². The summed E-state index contributed by atoms with van der Waals surface area (Å²) in [5.41, 5.74) is 10.7. The molecular formula is C40H44NO+. The first-order valence-corrected chi connectivity index (χ1v) is 16.3. The standard InChI is InChI=1S/C40H44NO/c1-21(2)31-32(22(3)4)35-26-18-19-27-36(40(7,8)37-25-14-10-12-16-30(25)42-39(27)37)34(26)29-20-17-24-13-9-11-15-28(24)41(29)38(35)33(31)23(5)6/h9-23,31-33,35,38H,1-8H3/q+1. The van der Waals surface area contributed by atoms with Gasteiger partial charge in [0.1, 0.15) is 11.3 Å². The fourth-order valence-electron chi connectivity index (χ4n) is 10.2. The third-order valence-electron chi connectivity index (χ3n) is 11.5. The Morgan fingerprint density at radius 2 is 1.38 bits per heavy atom. The van der Waals surface area contributed by atoms with E-state index >= 15 is 0 Å². The number of para-hydroxylation sites is 2. The third kappa shape index (κ3) is 3.19. The van der Waals surface area contributed by atoms with Crippen molar-refractivity contribution in [1.82, 2.24) is 0 Å². The summed E-state index contributed by atoms with van der Waals surface area (Å²) in [5.74, 6) is 5.32. The van der Waals surface area contributed by atoms with Crippen LogP contribution in [0.25, 0.3) is 44.5 Å². The van der Waals surface area contributed by atoms with Crippen LogP contribution in [-0.4, -0.2) is 0 Å². The second-order valence-corrected chi connectivity index (χ2v) is 15.0. The molecule has 5 atom stereocenters. The highest BCUT2D eigenvalue weighted by Gasteiger charge is 2.62. The Morgan fingerprint density at radius 1 is 0.690 bits per heavy atom. The summed E-state index contributed by atoms with van der Waals surface area (Å²) in [6.07, 6.45) is 0. The Labute approximate surface area is 250 Å². The largest absolute Gasteiger partial charge is 0.456 e. The zero-order valence-corrected chi connectivity index (χ0v) is 26.4. The minimum Gasteiger partial charge on any atom is -0.456 e. The van der Waals surface area contributed by atoms with Crippen molar-refractivity contribution in [2.45, 2.75) is 72.8 Å². The van der Waals surface area contributed by atoms with E-state index in [9.17, 15) is 0 Å². The van der Waals surface area contributed by atoms with Crippen molar-refractivity contribution in [2.75, 3.05) is 0 Å². The molecule has 5 aromatic rings. The van der Waals surface area contributed by atoms with E-state index in [0.717, 1.165) is 11.3 Å². The van der Waals surface area contributed by atoms with E-state index in [1.165, 1.54) is 44.2 Å². The summed E-state index contributed by atoms with van der Waals surface area (Å²) in [7, 11) is 0. The molecule has 0 radical (unpaired) electrons. The molecule has 2 aliphatic carbocycles. The van der Waals surface area contributed by atoms with Crippen LogP contribution < -0.4 is 4.57 Å². The summed E-state index contributed by atoms with van der Waals surface area (Å²) in [4.78, 5) is 0. The molecule has 3 aliphatic rings. The van der Waals surface area contributed by atoms with E-state index < -0.39 is 0 Å². The second-order valence-electron chi connectivity index (χ2n) is 15.0. The summed E-state index contributed by atoms with van der Waals surface area (Å²) < 4.78 is 9.48. The average molecular weight is 555 g/mol. The predicted octanol–water partition coefficient (Wildman–Crippen LogP) is 10.3. The van der Waals surface area contributed by atoms with Gasteiger partial charge in [0.2, 0.25) is 11.2 Å². The Hall–Kier alpha value is -3.39. The van der Waals surface area contributed by atoms with Gasteiger partial charge in [-0.3, -0.25) is 0 Å². The topological polar surface area (TPSA) is 17.0 Å². The lowest BCUT2D eigenvalue weighted by molar-refractivity contribution is -0.700. The van der Waals surface area contributed by atoms with E-state index in [0.29, 0.717) is 47.5 Å². The number of rotatable bonds is 3. The molecule has 3 heterocycles. The van der Waals surface area contributed by atoms with Gasteiger partial charge in [0.25, 0.3) is 0 Å². The maximum Gasteiger partial charge on any atom is 0.213 e. The molecule has 0 bridgehead atoms. The number of fused-ring (bicyclic) bond motifs is 14. The molecule has 214 valence electrons. The Balaban J connectivity index is 1.51. The molecule has 2 heteroatoms. The lowest BCUT2D eigenvalue weighted by atomic mass is 9.69. The van der Waals surface area contributed by atoms with Crippen molar-refractivity contribution in [3.63, 3.8) is 0 Å². The molecule has 1 aliphatic heterocycles. The first kappa shape index (κ1) is 26.3. The smallest absolute Gasteiger partial charge is 0.213 e. The number of aromatic nitrogens is 1. The minimum absolute atomic E-state index is 0.167. The number of nitrogens with zero attached hydrogens (tertiary/aromatic N) is 1. The monoisotopic (exact) mass is 554 g/mol. The maximum atomic E-state index is 6.66. The van der Waals surface area contributed by atoms with Crippen molar-refractivity contribution in [2.24, 2.45) is 35.5 Å². The zero-order valence-electron chi connectivity index (χ0n) is 26.4. The van der Waals surface area contributed by atoms with Crippen LogP contribution in [0.2, 0.25) is 0 Å². The maximum absolute atomic E-state index is 6.66. The van der Waals surface area contributed by atoms with Gasteiger partial charge in [-0.1, -0.05) is 97.9 Å². The van der Waals surface area contributed by atoms with Crippen LogP contribution in [0.4, 0.5) is 0 Å². The Morgan fingerprint density at radius 3 is 2.12 bits per heavy atom. The lowest BCUT2D eigenvalue weighted by Gasteiger charge is -2.36. The predicted molar refractivity (Wildman–Crippen MR) is 174 cm³/mol. The van der Waals surface area contributed by atoms with Crippen molar-refractivity contribution < 1.29 is 8.98 Å². The fraction of sp³-hybridized carbons (Fsp3) is 0.425. The molecule has 2 nitrogen and oxygen atoms in total. The molecule has 2 aromatic heterocycles. The van der Waals surface area contributed by atoms with Crippen LogP contribution in [0.1, 0.15) is 84.0 Å². The minimum atomic E-state index is -0.167. The summed E-state index contributed by atoms with van der Waals surface area (Å²) >= 11 is 0. The van der Waals surface area contributed by atoms with Gasteiger partial charge in [0, 0.05) is 45.4 Å². The van der Waals surface area contributed by atoms with Gasteiger partial charge in [-0.15, -0.1) is 0 Å². The number of furan rings is 1. The van der Waals surface area contributed by atoms with E-state index in [-0.39, 0.29) is 5.41 Å². The van der Waals surface area contributed by atoms with Gasteiger partial charge < -0.3 is 4.42 Å². The molecule has 0 spiro atoms. The molecule has 0 saturated heterocycles. The third-order valence-corrected chi connectivity index (χ3v) is 11.5. The molecule has 3 aromatic carbocycles. The number of hydrogen-bond donors (Lipinski definition) is 0. The van der Waals surface area contributed by atoms with Crippen LogP contribution in [-0.2, 0) is 5.41 Å². The molecule has 1 fully saturated rings. The number of benzene rings is 3. The molecule has 8 rings (SSSR count). The first-order chi connectivity index (χ1) is 20.1. The summed E-state index contributed by atoms with van der Waals surface area (Å²) in [6, 6.07) is 27.9. The van der Waals surface area contributed by atoms with Gasteiger partial charge in [0.05, 0.1) is 11.5 Å². The number of pyridine rings is 1. The van der Waals surface area contributed by atoms with Crippen LogP contribution in [0, 0.1) is 35.5 Å². The van der Waals surface area contributed by atoms with Crippen LogP contribution in [0.15, 0.2) is 77.2 Å². The second kappa shape index (κ2) is 8.82. The number of hydrogen-bond acceptors (Lipinski definition) is 1. The van der Waals surface area contributed by atoms with Gasteiger partial charge >= 0.3 is 0 Å². The zero-order chi connectivity index (χ0) is 29.2. The van der Waals surface area contributed by atoms with Gasteiger partial charge in [-0.05, 0) is 58.9 Å². The highest BCUT2D eigenvalue weighted by Crippen LogP contribution is 2.65. The average Bonchev–Trinajstić information content (AvgIpc) is 3.60. The van der Waals surface area contributed by atoms with E-state index in [1.807, 2.05) is 0 Å². The summed E-state index contributed by atoms with van der Waals surface area (Å²) in [5, 5.41) is 2.59. The Bertz CT molecular complexity index is 1890. The Kier molecular flexibility index (Phi) is 5.51. The first-order valence-electron chi connectivity index (χ1n) is 16.3. The van der Waals surface area contributed by atoms with Gasteiger partial charge in [-0.2, -0.15) is 4.57 Å². The van der Waals surface area contributed by atoms with Crippen LogP contribution in [0.5, 0.6) is 0 Å². The van der Waals surface area contributed by atoms with Crippen molar-refractivity contribution >= 4 is 21.9 Å².